The number of nitrogens with zero attached hydrogens (tertiary/aromatic N) is 2. The lowest BCUT2D eigenvalue weighted by molar-refractivity contribution is 0.0529. The van der Waals surface area contributed by atoms with Crippen molar-refractivity contribution in [3.05, 3.63) is 53.7 Å². The lowest BCUT2D eigenvalue weighted by Crippen LogP contribution is -2.41. The van der Waals surface area contributed by atoms with E-state index in [1.807, 2.05) is 12.1 Å². The van der Waals surface area contributed by atoms with Crippen LogP contribution in [0, 0.1) is 0 Å². The quantitative estimate of drug-likeness (QED) is 0.773. The van der Waals surface area contributed by atoms with Crippen molar-refractivity contribution in [3.63, 3.8) is 0 Å². The molecule has 8 heteroatoms. The van der Waals surface area contributed by atoms with Gasteiger partial charge in [-0.1, -0.05) is 12.1 Å². The summed E-state index contributed by atoms with van der Waals surface area (Å²) in [5, 5.41) is 2.88. The number of hydrogen-bond donors (Lipinski definition) is 2. The molecule has 1 aliphatic heterocycles. The Balaban J connectivity index is 0.00000169. The van der Waals surface area contributed by atoms with Crippen molar-refractivity contribution in [1.29, 1.82) is 0 Å². The van der Waals surface area contributed by atoms with E-state index in [4.69, 9.17) is 10.5 Å². The maximum atomic E-state index is 12.1. The van der Waals surface area contributed by atoms with Gasteiger partial charge in [-0.15, -0.1) is 24.8 Å². The number of nitrogen functional groups attached to an aromatic ring is 1. The Morgan fingerprint density at radius 3 is 2.81 bits per heavy atom. The molecule has 3 rings (SSSR count). The van der Waals surface area contributed by atoms with E-state index in [1.54, 1.807) is 30.5 Å². The summed E-state index contributed by atoms with van der Waals surface area (Å²) in [4.78, 5) is 18.8. The average molecular weight is 399 g/mol. The predicted octanol–water partition coefficient (Wildman–Crippen LogP) is 2.66. The zero-order chi connectivity index (χ0) is 16.9. The smallest absolute Gasteiger partial charge is 0.251 e. The number of carbonyl (C=O) groups excluding carboxylic acids is 1. The molecule has 1 saturated heterocycles. The zero-order valence-electron chi connectivity index (χ0n) is 14.6. The van der Waals surface area contributed by atoms with Gasteiger partial charge in [-0.3, -0.25) is 4.79 Å². The Morgan fingerprint density at radius 2 is 2.15 bits per heavy atom. The molecule has 142 valence electrons. The van der Waals surface area contributed by atoms with Gasteiger partial charge in [-0.05, 0) is 36.8 Å². The van der Waals surface area contributed by atoms with Gasteiger partial charge in [0.25, 0.3) is 5.91 Å². The fraction of sp³-hybridized carbons (Fsp3) is 0.333. The maximum absolute atomic E-state index is 12.1. The Labute approximate surface area is 165 Å². The van der Waals surface area contributed by atoms with Crippen molar-refractivity contribution in [2.24, 2.45) is 0 Å². The summed E-state index contributed by atoms with van der Waals surface area (Å²) in [7, 11) is 0. The fourth-order valence-electron chi connectivity index (χ4n) is 2.70. The molecule has 0 spiro atoms. The summed E-state index contributed by atoms with van der Waals surface area (Å²) in [5.74, 6) is 0.796. The lowest BCUT2D eigenvalue weighted by atomic mass is 10.2. The van der Waals surface area contributed by atoms with Crippen LogP contribution in [0.2, 0.25) is 0 Å². The summed E-state index contributed by atoms with van der Waals surface area (Å²) >= 11 is 0. The monoisotopic (exact) mass is 398 g/mol. The number of aromatic nitrogens is 1. The van der Waals surface area contributed by atoms with Crippen LogP contribution in [-0.4, -0.2) is 36.7 Å². The van der Waals surface area contributed by atoms with Gasteiger partial charge in [-0.2, -0.15) is 0 Å². The van der Waals surface area contributed by atoms with Crippen LogP contribution < -0.4 is 16.0 Å². The zero-order valence-corrected chi connectivity index (χ0v) is 16.2. The molecule has 1 fully saturated rings. The van der Waals surface area contributed by atoms with Crippen molar-refractivity contribution >= 4 is 42.2 Å². The number of anilines is 2. The molecular weight excluding hydrogens is 375 g/mol. The van der Waals surface area contributed by atoms with Crippen molar-refractivity contribution < 1.29 is 9.53 Å². The number of pyridine rings is 1. The first-order valence-electron chi connectivity index (χ1n) is 8.07. The van der Waals surface area contributed by atoms with Crippen molar-refractivity contribution in [3.8, 4) is 0 Å². The van der Waals surface area contributed by atoms with E-state index in [0.29, 0.717) is 17.8 Å². The van der Waals surface area contributed by atoms with E-state index in [-0.39, 0.29) is 36.8 Å². The molecule has 1 atom stereocenters. The lowest BCUT2D eigenvalue weighted by Gasteiger charge is -2.32. The minimum atomic E-state index is -0.145. The molecule has 6 nitrogen and oxygen atoms in total. The normalized spacial score (nSPS) is 16.2. The van der Waals surface area contributed by atoms with Crippen LogP contribution in [0.25, 0.3) is 0 Å². The van der Waals surface area contributed by atoms with E-state index in [0.717, 1.165) is 31.1 Å². The molecule has 26 heavy (non-hydrogen) atoms. The summed E-state index contributed by atoms with van der Waals surface area (Å²) in [6.07, 6.45) is 2.02. The van der Waals surface area contributed by atoms with Gasteiger partial charge < -0.3 is 20.7 Å². The number of nitrogens with one attached hydrogen (secondary N) is 1. The second-order valence-corrected chi connectivity index (χ2v) is 5.96. The maximum Gasteiger partial charge on any atom is 0.251 e. The van der Waals surface area contributed by atoms with E-state index in [9.17, 15) is 4.79 Å². The molecule has 0 saturated carbocycles. The first-order chi connectivity index (χ1) is 11.6. The number of benzene rings is 1. The van der Waals surface area contributed by atoms with Crippen molar-refractivity contribution in [2.75, 3.05) is 30.3 Å². The topological polar surface area (TPSA) is 80.5 Å². The molecular formula is C18H24Cl2N4O2. The fourth-order valence-corrected chi connectivity index (χ4v) is 2.70. The molecule has 1 aromatic heterocycles. The van der Waals surface area contributed by atoms with Crippen LogP contribution in [0.5, 0.6) is 0 Å². The highest BCUT2D eigenvalue weighted by molar-refractivity contribution is 5.94. The molecule has 1 unspecified atom stereocenters. The predicted molar refractivity (Wildman–Crippen MR) is 108 cm³/mol. The van der Waals surface area contributed by atoms with Crippen LogP contribution in [0.1, 0.15) is 22.8 Å². The highest BCUT2D eigenvalue weighted by Gasteiger charge is 2.17. The Hall–Kier alpha value is -2.02. The largest absolute Gasteiger partial charge is 0.399 e. The minimum Gasteiger partial charge on any atom is -0.399 e. The van der Waals surface area contributed by atoms with Crippen LogP contribution in [0.15, 0.2) is 42.6 Å². The molecule has 1 aliphatic rings. The summed E-state index contributed by atoms with van der Waals surface area (Å²) in [5.41, 5.74) is 7.79. The molecule has 0 radical (unpaired) electrons. The minimum absolute atomic E-state index is 0. The number of halogens is 2. The molecule has 1 amide bonds. The molecule has 0 aliphatic carbocycles. The number of amides is 1. The van der Waals surface area contributed by atoms with Crippen LogP contribution in [0.3, 0.4) is 0 Å². The first kappa shape index (κ1) is 22.0. The molecule has 1 aromatic carbocycles. The summed E-state index contributed by atoms with van der Waals surface area (Å²) in [6.45, 7) is 4.91. The average Bonchev–Trinajstić information content (AvgIpc) is 2.60. The van der Waals surface area contributed by atoms with Gasteiger partial charge in [-0.25, -0.2) is 4.98 Å². The van der Waals surface area contributed by atoms with Crippen LogP contribution in [-0.2, 0) is 11.3 Å². The number of carbonyl (C=O) groups is 1. The summed E-state index contributed by atoms with van der Waals surface area (Å²) < 4.78 is 5.54. The SMILES string of the molecule is CC1CN(c2ccc(CNC(=O)c3cccc(N)c3)cn2)CCO1.Cl.Cl. The first-order valence-corrected chi connectivity index (χ1v) is 8.07. The third kappa shape index (κ3) is 5.76. The Bertz CT molecular complexity index is 713. The van der Waals surface area contributed by atoms with E-state index < -0.39 is 0 Å². The van der Waals surface area contributed by atoms with Crippen LogP contribution in [0.4, 0.5) is 11.5 Å². The molecule has 0 bridgehead atoms. The number of rotatable bonds is 4. The number of hydrogen-bond acceptors (Lipinski definition) is 5. The van der Waals surface area contributed by atoms with E-state index in [2.05, 4.69) is 22.1 Å². The molecule has 3 N–H and O–H groups in total. The van der Waals surface area contributed by atoms with Gasteiger partial charge in [0.1, 0.15) is 5.82 Å². The van der Waals surface area contributed by atoms with Crippen molar-refractivity contribution in [2.45, 2.75) is 19.6 Å². The molecule has 2 aromatic rings. The molecule has 2 heterocycles. The van der Waals surface area contributed by atoms with Gasteiger partial charge >= 0.3 is 0 Å². The van der Waals surface area contributed by atoms with Gasteiger partial charge in [0, 0.05) is 37.1 Å². The third-order valence-electron chi connectivity index (χ3n) is 3.98. The number of nitrogens with two attached hydrogens (primary N) is 1. The number of ether oxygens (including phenoxy) is 1. The van der Waals surface area contributed by atoms with Gasteiger partial charge in [0.05, 0.1) is 12.7 Å². The highest BCUT2D eigenvalue weighted by atomic mass is 35.5. The second kappa shape index (κ2) is 10.2. The summed E-state index contributed by atoms with van der Waals surface area (Å²) in [6, 6.07) is 10.9. The number of morpholine rings is 1. The highest BCUT2D eigenvalue weighted by Crippen LogP contribution is 2.15. The van der Waals surface area contributed by atoms with Crippen LogP contribution >= 0.6 is 24.8 Å². The van der Waals surface area contributed by atoms with Gasteiger partial charge in [0.15, 0.2) is 0 Å². The second-order valence-electron chi connectivity index (χ2n) is 5.96. The van der Waals surface area contributed by atoms with E-state index in [1.165, 1.54) is 0 Å². The van der Waals surface area contributed by atoms with E-state index >= 15 is 0 Å². The van der Waals surface area contributed by atoms with Crippen molar-refractivity contribution in [1.82, 2.24) is 10.3 Å². The third-order valence-corrected chi connectivity index (χ3v) is 3.98. The Morgan fingerprint density at radius 1 is 1.35 bits per heavy atom. The van der Waals surface area contributed by atoms with Gasteiger partial charge in [0.2, 0.25) is 0 Å². The Kier molecular flexibility index (Phi) is 8.65. The standard InChI is InChI=1S/C18H22N4O2.2ClH/c1-13-12-22(7-8-24-13)17-6-5-14(10-20-17)11-21-18(23)15-3-2-4-16(19)9-15;;/h2-6,9-10,13H,7-8,11-12,19H2,1H3,(H,21,23);2*1H.